The lowest BCUT2D eigenvalue weighted by Crippen LogP contribution is -2.34. The Morgan fingerprint density at radius 1 is 1.27 bits per heavy atom. The first-order chi connectivity index (χ1) is 7.06. The lowest BCUT2D eigenvalue weighted by molar-refractivity contribution is -0.121. The van der Waals surface area contributed by atoms with Crippen LogP contribution in [-0.2, 0) is 4.79 Å². The molecule has 0 radical (unpaired) electrons. The monoisotopic (exact) mass is 214 g/mol. The smallest absolute Gasteiger partial charge is 0.221 e. The van der Waals surface area contributed by atoms with Crippen LogP contribution in [0.5, 0.6) is 0 Å². The molecule has 3 heteroatoms. The summed E-state index contributed by atoms with van der Waals surface area (Å²) in [6.45, 7) is 10.2. The highest BCUT2D eigenvalue weighted by Gasteiger charge is 2.06. The fraction of sp³-hybridized carbons (Fsp3) is 0.917. The summed E-state index contributed by atoms with van der Waals surface area (Å²) in [6.07, 6.45) is 2.84. The number of hydrogen-bond donors (Lipinski definition) is 2. The average Bonchev–Trinajstić information content (AvgIpc) is 2.12. The molecular formula is C12H26N2O. The summed E-state index contributed by atoms with van der Waals surface area (Å²) in [6, 6.07) is 0.278. The maximum absolute atomic E-state index is 11.4. The van der Waals surface area contributed by atoms with Crippen molar-refractivity contribution in [1.29, 1.82) is 0 Å². The molecule has 0 spiro atoms. The van der Waals surface area contributed by atoms with Gasteiger partial charge in [0.05, 0.1) is 0 Å². The topological polar surface area (TPSA) is 41.1 Å². The number of rotatable bonds is 8. The van der Waals surface area contributed by atoms with Crippen LogP contribution in [0.3, 0.4) is 0 Å². The van der Waals surface area contributed by atoms with Gasteiger partial charge in [0.25, 0.3) is 0 Å². The number of hydrogen-bond acceptors (Lipinski definition) is 2. The molecule has 0 aliphatic rings. The molecule has 1 unspecified atom stereocenters. The summed E-state index contributed by atoms with van der Waals surface area (Å²) in [5.41, 5.74) is 0. The molecule has 0 heterocycles. The van der Waals surface area contributed by atoms with E-state index < -0.39 is 0 Å². The predicted octanol–water partition coefficient (Wildman–Crippen LogP) is 1.93. The van der Waals surface area contributed by atoms with Gasteiger partial charge in [0.1, 0.15) is 0 Å². The molecule has 0 saturated carbocycles. The zero-order valence-electron chi connectivity index (χ0n) is 10.6. The number of nitrogens with one attached hydrogen (secondary N) is 2. The van der Waals surface area contributed by atoms with E-state index in [1.54, 1.807) is 0 Å². The fourth-order valence-corrected chi connectivity index (χ4v) is 1.51. The third-order valence-corrected chi connectivity index (χ3v) is 2.32. The van der Waals surface area contributed by atoms with Crippen molar-refractivity contribution in [3.05, 3.63) is 0 Å². The van der Waals surface area contributed by atoms with Crippen LogP contribution < -0.4 is 10.6 Å². The van der Waals surface area contributed by atoms with Gasteiger partial charge in [-0.25, -0.2) is 0 Å². The first-order valence-corrected chi connectivity index (χ1v) is 6.06. The highest BCUT2D eigenvalue weighted by molar-refractivity contribution is 5.76. The Morgan fingerprint density at radius 3 is 2.47 bits per heavy atom. The molecule has 0 fully saturated rings. The molecule has 15 heavy (non-hydrogen) atoms. The number of amides is 1. The standard InChI is InChI=1S/C12H26N2O/c1-5-13-11(4)9-12(15)14-8-6-7-10(2)3/h10-11,13H,5-9H2,1-4H3,(H,14,15). The molecule has 1 atom stereocenters. The van der Waals surface area contributed by atoms with Crippen LogP contribution in [0.4, 0.5) is 0 Å². The predicted molar refractivity (Wildman–Crippen MR) is 64.8 cm³/mol. The third kappa shape index (κ3) is 9.73. The van der Waals surface area contributed by atoms with Gasteiger partial charge in [0, 0.05) is 19.0 Å². The van der Waals surface area contributed by atoms with E-state index in [1.165, 1.54) is 6.42 Å². The van der Waals surface area contributed by atoms with E-state index in [1.807, 2.05) is 6.92 Å². The second-order valence-corrected chi connectivity index (χ2v) is 4.55. The minimum atomic E-state index is 0.159. The summed E-state index contributed by atoms with van der Waals surface area (Å²) >= 11 is 0. The first kappa shape index (κ1) is 14.4. The molecule has 0 rings (SSSR count). The van der Waals surface area contributed by atoms with Gasteiger partial charge >= 0.3 is 0 Å². The Hall–Kier alpha value is -0.570. The van der Waals surface area contributed by atoms with Crippen LogP contribution in [0.15, 0.2) is 0 Å². The first-order valence-electron chi connectivity index (χ1n) is 6.06. The summed E-state index contributed by atoms with van der Waals surface area (Å²) < 4.78 is 0. The van der Waals surface area contributed by atoms with Gasteiger partial charge in [-0.1, -0.05) is 20.8 Å². The second kappa shape index (κ2) is 8.72. The van der Waals surface area contributed by atoms with Gasteiger partial charge < -0.3 is 10.6 Å². The zero-order chi connectivity index (χ0) is 11.7. The van der Waals surface area contributed by atoms with E-state index in [4.69, 9.17) is 0 Å². The van der Waals surface area contributed by atoms with Crippen LogP contribution in [-0.4, -0.2) is 25.0 Å². The van der Waals surface area contributed by atoms with E-state index in [2.05, 4.69) is 31.4 Å². The van der Waals surface area contributed by atoms with E-state index >= 15 is 0 Å². The minimum Gasteiger partial charge on any atom is -0.356 e. The number of carbonyl (C=O) groups is 1. The third-order valence-electron chi connectivity index (χ3n) is 2.32. The average molecular weight is 214 g/mol. The molecule has 0 aromatic carbocycles. The molecule has 3 nitrogen and oxygen atoms in total. The molecule has 0 aliphatic carbocycles. The molecule has 2 N–H and O–H groups in total. The maximum atomic E-state index is 11.4. The second-order valence-electron chi connectivity index (χ2n) is 4.55. The van der Waals surface area contributed by atoms with Crippen molar-refractivity contribution in [2.75, 3.05) is 13.1 Å². The molecular weight excluding hydrogens is 188 g/mol. The van der Waals surface area contributed by atoms with Gasteiger partial charge in [-0.3, -0.25) is 4.79 Å². The Balaban J connectivity index is 3.40. The van der Waals surface area contributed by atoms with Crippen LogP contribution in [0.25, 0.3) is 0 Å². The molecule has 0 aromatic rings. The van der Waals surface area contributed by atoms with Crippen LogP contribution in [0, 0.1) is 5.92 Å². The van der Waals surface area contributed by atoms with Crippen molar-refractivity contribution in [3.63, 3.8) is 0 Å². The van der Waals surface area contributed by atoms with Gasteiger partial charge in [-0.2, -0.15) is 0 Å². The van der Waals surface area contributed by atoms with Gasteiger partial charge in [0.15, 0.2) is 0 Å². The SMILES string of the molecule is CCNC(C)CC(=O)NCCCC(C)C. The van der Waals surface area contributed by atoms with E-state index in [-0.39, 0.29) is 11.9 Å². The highest BCUT2D eigenvalue weighted by atomic mass is 16.1. The lowest BCUT2D eigenvalue weighted by Gasteiger charge is -2.12. The molecule has 0 aromatic heterocycles. The number of carbonyl (C=O) groups excluding carboxylic acids is 1. The molecule has 0 aliphatic heterocycles. The van der Waals surface area contributed by atoms with Crippen molar-refractivity contribution in [2.45, 2.75) is 53.0 Å². The molecule has 1 amide bonds. The summed E-state index contributed by atoms with van der Waals surface area (Å²) in [4.78, 5) is 11.4. The summed E-state index contributed by atoms with van der Waals surface area (Å²) in [7, 11) is 0. The van der Waals surface area contributed by atoms with Crippen LogP contribution >= 0.6 is 0 Å². The normalized spacial score (nSPS) is 12.9. The Morgan fingerprint density at radius 2 is 1.93 bits per heavy atom. The summed E-state index contributed by atoms with van der Waals surface area (Å²) in [5, 5.41) is 6.17. The molecule has 90 valence electrons. The van der Waals surface area contributed by atoms with E-state index in [0.29, 0.717) is 6.42 Å². The summed E-state index contributed by atoms with van der Waals surface area (Å²) in [5.74, 6) is 0.884. The lowest BCUT2D eigenvalue weighted by atomic mass is 10.1. The maximum Gasteiger partial charge on any atom is 0.221 e. The van der Waals surface area contributed by atoms with Gasteiger partial charge in [-0.15, -0.1) is 0 Å². The minimum absolute atomic E-state index is 0.159. The van der Waals surface area contributed by atoms with Crippen LogP contribution in [0.2, 0.25) is 0 Å². The van der Waals surface area contributed by atoms with Crippen LogP contribution in [0.1, 0.15) is 47.0 Å². The van der Waals surface area contributed by atoms with Gasteiger partial charge in [0.2, 0.25) is 5.91 Å². The fourth-order valence-electron chi connectivity index (χ4n) is 1.51. The van der Waals surface area contributed by atoms with E-state index in [0.717, 1.165) is 25.4 Å². The molecule has 0 saturated heterocycles. The highest BCUT2D eigenvalue weighted by Crippen LogP contribution is 2.01. The van der Waals surface area contributed by atoms with Crippen molar-refractivity contribution in [1.82, 2.24) is 10.6 Å². The Labute approximate surface area is 94.0 Å². The van der Waals surface area contributed by atoms with Crippen molar-refractivity contribution in [3.8, 4) is 0 Å². The Kier molecular flexibility index (Phi) is 8.38. The molecule has 0 bridgehead atoms. The van der Waals surface area contributed by atoms with Crippen molar-refractivity contribution < 1.29 is 4.79 Å². The van der Waals surface area contributed by atoms with Gasteiger partial charge in [-0.05, 0) is 32.2 Å². The zero-order valence-corrected chi connectivity index (χ0v) is 10.6. The quantitative estimate of drug-likeness (QED) is 0.606. The van der Waals surface area contributed by atoms with E-state index in [9.17, 15) is 4.79 Å². The largest absolute Gasteiger partial charge is 0.356 e. The van der Waals surface area contributed by atoms with Crippen molar-refractivity contribution >= 4 is 5.91 Å². The van der Waals surface area contributed by atoms with Crippen molar-refractivity contribution in [2.24, 2.45) is 5.92 Å². The Bertz CT molecular complexity index is 169.